The summed E-state index contributed by atoms with van der Waals surface area (Å²) in [6.07, 6.45) is 5.55. The Morgan fingerprint density at radius 1 is 1.28 bits per heavy atom. The minimum absolute atomic E-state index is 0.0888. The molecule has 0 aromatic heterocycles. The highest BCUT2D eigenvalue weighted by atomic mass is 19.1. The Hall–Kier alpha value is -0.890. The van der Waals surface area contributed by atoms with Crippen LogP contribution in [0.2, 0.25) is 0 Å². The number of hydrogen-bond donors (Lipinski definition) is 1. The van der Waals surface area contributed by atoms with Gasteiger partial charge in [-0.25, -0.2) is 4.39 Å². The van der Waals surface area contributed by atoms with E-state index >= 15 is 0 Å². The lowest BCUT2D eigenvalue weighted by atomic mass is 9.94. The van der Waals surface area contributed by atoms with Gasteiger partial charge in [-0.3, -0.25) is 0 Å². The normalized spacial score (nSPS) is 31.8. The first-order chi connectivity index (χ1) is 8.63. The van der Waals surface area contributed by atoms with E-state index in [4.69, 9.17) is 0 Å². The topological polar surface area (TPSA) is 12.0 Å². The fourth-order valence-corrected chi connectivity index (χ4v) is 3.74. The molecule has 1 nitrogen and oxygen atoms in total. The summed E-state index contributed by atoms with van der Waals surface area (Å²) in [5, 5.41) is 3.71. The molecular weight excluding hydrogens is 225 g/mol. The second kappa shape index (κ2) is 4.65. The van der Waals surface area contributed by atoms with E-state index in [-0.39, 0.29) is 11.9 Å². The fraction of sp³-hybridized carbons (Fsp3) is 0.625. The van der Waals surface area contributed by atoms with E-state index in [0.29, 0.717) is 6.04 Å². The second-order valence-electron chi connectivity index (χ2n) is 6.18. The number of aryl methyl sites for hydroxylation is 1. The molecule has 2 saturated carbocycles. The summed E-state index contributed by atoms with van der Waals surface area (Å²) in [6.45, 7) is 3.96. The molecule has 2 aliphatic rings. The molecule has 0 heterocycles. The molecule has 3 rings (SSSR count). The van der Waals surface area contributed by atoms with E-state index < -0.39 is 0 Å². The zero-order valence-electron chi connectivity index (χ0n) is 11.2. The Labute approximate surface area is 109 Å². The maximum Gasteiger partial charge on any atom is 0.126 e. The molecule has 2 aliphatic carbocycles. The first-order valence-electron chi connectivity index (χ1n) is 7.15. The average Bonchev–Trinajstić information content (AvgIpc) is 2.94. The molecule has 0 radical (unpaired) electrons. The minimum Gasteiger partial charge on any atom is -0.307 e. The summed E-state index contributed by atoms with van der Waals surface area (Å²) in [4.78, 5) is 0. The third-order valence-corrected chi connectivity index (χ3v) is 4.90. The standard InChI is InChI=1S/C16H22FN/c1-10-3-5-13(9-15(10)17)11(2)18-16-8-12-4-6-14(16)7-12/h3,5,9,11-12,14,16,18H,4,6-8H2,1-2H3. The number of halogens is 1. The van der Waals surface area contributed by atoms with Crippen LogP contribution < -0.4 is 5.32 Å². The summed E-state index contributed by atoms with van der Waals surface area (Å²) in [5.74, 6) is 1.73. The van der Waals surface area contributed by atoms with Crippen LogP contribution in [0.4, 0.5) is 4.39 Å². The van der Waals surface area contributed by atoms with E-state index in [1.807, 2.05) is 19.1 Å². The van der Waals surface area contributed by atoms with Crippen LogP contribution in [0, 0.1) is 24.6 Å². The van der Waals surface area contributed by atoms with Gasteiger partial charge in [-0.15, -0.1) is 0 Å². The molecule has 0 saturated heterocycles. The maximum atomic E-state index is 13.6. The van der Waals surface area contributed by atoms with Crippen molar-refractivity contribution in [1.82, 2.24) is 5.32 Å². The molecule has 2 heteroatoms. The molecule has 4 atom stereocenters. The SMILES string of the molecule is Cc1ccc(C(C)NC2CC3CCC2C3)cc1F. The third kappa shape index (κ3) is 2.18. The number of fused-ring (bicyclic) bond motifs is 2. The molecule has 2 fully saturated rings. The Balaban J connectivity index is 1.67. The Morgan fingerprint density at radius 2 is 2.11 bits per heavy atom. The lowest BCUT2D eigenvalue weighted by Gasteiger charge is -2.27. The van der Waals surface area contributed by atoms with Gasteiger partial charge in [0.25, 0.3) is 0 Å². The first kappa shape index (κ1) is 12.2. The van der Waals surface area contributed by atoms with Crippen LogP contribution in [0.5, 0.6) is 0 Å². The fourth-order valence-electron chi connectivity index (χ4n) is 3.74. The van der Waals surface area contributed by atoms with E-state index in [2.05, 4.69) is 12.2 Å². The zero-order chi connectivity index (χ0) is 12.7. The van der Waals surface area contributed by atoms with Gasteiger partial charge in [0.1, 0.15) is 5.82 Å². The highest BCUT2D eigenvalue weighted by Gasteiger charge is 2.39. The molecule has 18 heavy (non-hydrogen) atoms. The van der Waals surface area contributed by atoms with E-state index in [9.17, 15) is 4.39 Å². The lowest BCUT2D eigenvalue weighted by Crippen LogP contribution is -2.35. The van der Waals surface area contributed by atoms with E-state index in [1.54, 1.807) is 6.07 Å². The monoisotopic (exact) mass is 247 g/mol. The van der Waals surface area contributed by atoms with Crippen molar-refractivity contribution in [3.05, 3.63) is 35.1 Å². The molecule has 0 aliphatic heterocycles. The zero-order valence-corrected chi connectivity index (χ0v) is 11.2. The maximum absolute atomic E-state index is 13.6. The number of hydrogen-bond acceptors (Lipinski definition) is 1. The Morgan fingerprint density at radius 3 is 2.72 bits per heavy atom. The van der Waals surface area contributed by atoms with Crippen LogP contribution in [0.3, 0.4) is 0 Å². The molecule has 2 bridgehead atoms. The minimum atomic E-state index is -0.0888. The largest absolute Gasteiger partial charge is 0.307 e. The van der Waals surface area contributed by atoms with E-state index in [0.717, 1.165) is 23.0 Å². The number of nitrogens with one attached hydrogen (secondary N) is 1. The molecule has 0 amide bonds. The van der Waals surface area contributed by atoms with Crippen molar-refractivity contribution >= 4 is 0 Å². The molecule has 98 valence electrons. The molecule has 1 aromatic carbocycles. The molecule has 1 N–H and O–H groups in total. The highest BCUT2D eigenvalue weighted by Crippen LogP contribution is 2.45. The number of rotatable bonds is 3. The summed E-state index contributed by atoms with van der Waals surface area (Å²) >= 11 is 0. The average molecular weight is 247 g/mol. The van der Waals surface area contributed by atoms with Crippen LogP contribution in [-0.4, -0.2) is 6.04 Å². The van der Waals surface area contributed by atoms with Crippen molar-refractivity contribution in [3.63, 3.8) is 0 Å². The third-order valence-electron chi connectivity index (χ3n) is 4.90. The van der Waals surface area contributed by atoms with Gasteiger partial charge in [-0.2, -0.15) is 0 Å². The van der Waals surface area contributed by atoms with Gasteiger partial charge >= 0.3 is 0 Å². The van der Waals surface area contributed by atoms with Crippen molar-refractivity contribution in [1.29, 1.82) is 0 Å². The van der Waals surface area contributed by atoms with Crippen molar-refractivity contribution in [2.75, 3.05) is 0 Å². The summed E-state index contributed by atoms with van der Waals surface area (Å²) in [6, 6.07) is 6.51. The van der Waals surface area contributed by atoms with Gasteiger partial charge in [0.15, 0.2) is 0 Å². The molecule has 4 unspecified atom stereocenters. The smallest absolute Gasteiger partial charge is 0.126 e. The second-order valence-corrected chi connectivity index (χ2v) is 6.18. The summed E-state index contributed by atoms with van der Waals surface area (Å²) in [5.41, 5.74) is 1.80. The van der Waals surface area contributed by atoms with Crippen molar-refractivity contribution in [2.24, 2.45) is 11.8 Å². The summed E-state index contributed by atoms with van der Waals surface area (Å²) < 4.78 is 13.6. The van der Waals surface area contributed by atoms with Crippen molar-refractivity contribution < 1.29 is 4.39 Å². The summed E-state index contributed by atoms with van der Waals surface area (Å²) in [7, 11) is 0. The van der Waals surface area contributed by atoms with Gasteiger partial charge < -0.3 is 5.32 Å². The van der Waals surface area contributed by atoms with Crippen molar-refractivity contribution in [3.8, 4) is 0 Å². The quantitative estimate of drug-likeness (QED) is 0.852. The first-order valence-corrected chi connectivity index (χ1v) is 7.15. The predicted molar refractivity (Wildman–Crippen MR) is 71.9 cm³/mol. The molecule has 0 spiro atoms. The Kier molecular flexibility index (Phi) is 3.14. The van der Waals surface area contributed by atoms with Crippen LogP contribution in [0.1, 0.15) is 49.8 Å². The lowest BCUT2D eigenvalue weighted by molar-refractivity contribution is 0.326. The van der Waals surface area contributed by atoms with Gasteiger partial charge in [0, 0.05) is 12.1 Å². The van der Waals surface area contributed by atoms with Crippen LogP contribution in [0.15, 0.2) is 18.2 Å². The molecular formula is C16H22FN. The molecule has 1 aromatic rings. The van der Waals surface area contributed by atoms with Crippen LogP contribution in [0.25, 0.3) is 0 Å². The van der Waals surface area contributed by atoms with Crippen molar-refractivity contribution in [2.45, 2.75) is 51.6 Å². The Bertz CT molecular complexity index is 443. The predicted octanol–water partition coefficient (Wildman–Crippen LogP) is 3.97. The van der Waals surface area contributed by atoms with Gasteiger partial charge in [-0.1, -0.05) is 18.6 Å². The number of benzene rings is 1. The van der Waals surface area contributed by atoms with E-state index in [1.165, 1.54) is 25.7 Å². The van der Waals surface area contributed by atoms with Crippen LogP contribution in [-0.2, 0) is 0 Å². The van der Waals surface area contributed by atoms with Gasteiger partial charge in [0.2, 0.25) is 0 Å². The van der Waals surface area contributed by atoms with Crippen LogP contribution >= 0.6 is 0 Å². The van der Waals surface area contributed by atoms with Gasteiger partial charge in [0.05, 0.1) is 0 Å². The van der Waals surface area contributed by atoms with Gasteiger partial charge in [-0.05, 0) is 62.1 Å². The highest BCUT2D eigenvalue weighted by molar-refractivity contribution is 5.25.